The standard InChI is InChI=1S/C18H18Cl2N2O5S/c1-26-16-6-5-12(28(24,25)22-11-7-8-27-10-11)9-13(16)18(23)21-17-14(19)3-2-4-15(17)20/h2-6,9,11,22H,7-8,10H2,1H3,(H,21,23)/t11-/m0/s1. The first kappa shape index (κ1) is 20.9. The molecule has 7 nitrogen and oxygen atoms in total. The van der Waals surface area contributed by atoms with Gasteiger partial charge >= 0.3 is 0 Å². The molecular weight excluding hydrogens is 427 g/mol. The van der Waals surface area contributed by atoms with Crippen LogP contribution in [0.25, 0.3) is 0 Å². The Morgan fingerprint density at radius 3 is 2.54 bits per heavy atom. The normalized spacial score (nSPS) is 16.8. The Hall–Kier alpha value is -1.84. The van der Waals surface area contributed by atoms with Gasteiger partial charge in [0.1, 0.15) is 5.75 Å². The Morgan fingerprint density at radius 1 is 1.21 bits per heavy atom. The molecule has 0 unspecified atom stereocenters. The van der Waals surface area contributed by atoms with E-state index in [4.69, 9.17) is 32.7 Å². The Bertz CT molecular complexity index is 971. The molecule has 3 rings (SSSR count). The van der Waals surface area contributed by atoms with Crippen LogP contribution in [0, 0.1) is 0 Å². The highest BCUT2D eigenvalue weighted by atomic mass is 35.5. The molecule has 0 radical (unpaired) electrons. The van der Waals surface area contributed by atoms with Crippen LogP contribution < -0.4 is 14.8 Å². The van der Waals surface area contributed by atoms with E-state index in [1.165, 1.54) is 25.3 Å². The number of para-hydroxylation sites is 1. The quantitative estimate of drug-likeness (QED) is 0.712. The van der Waals surface area contributed by atoms with Crippen molar-refractivity contribution in [3.8, 4) is 5.75 Å². The fourth-order valence-corrected chi connectivity index (χ4v) is 4.52. The number of hydrogen-bond donors (Lipinski definition) is 2. The zero-order valence-corrected chi connectivity index (χ0v) is 17.2. The number of halogens is 2. The highest BCUT2D eigenvalue weighted by Crippen LogP contribution is 2.31. The summed E-state index contributed by atoms with van der Waals surface area (Å²) in [6.45, 7) is 0.815. The molecule has 0 saturated carbocycles. The lowest BCUT2D eigenvalue weighted by Gasteiger charge is -2.15. The number of ether oxygens (including phenoxy) is 2. The highest BCUT2D eigenvalue weighted by molar-refractivity contribution is 7.89. The first-order chi connectivity index (χ1) is 13.3. The lowest BCUT2D eigenvalue weighted by atomic mass is 10.2. The van der Waals surface area contributed by atoms with Crippen LogP contribution in [0.5, 0.6) is 5.75 Å². The van der Waals surface area contributed by atoms with Crippen LogP contribution in [0.1, 0.15) is 16.8 Å². The molecule has 0 bridgehead atoms. The maximum Gasteiger partial charge on any atom is 0.259 e. The van der Waals surface area contributed by atoms with Crippen LogP contribution in [-0.4, -0.2) is 40.7 Å². The minimum atomic E-state index is -3.83. The summed E-state index contributed by atoms with van der Waals surface area (Å²) in [6.07, 6.45) is 0.591. The van der Waals surface area contributed by atoms with E-state index < -0.39 is 15.9 Å². The van der Waals surface area contributed by atoms with Crippen molar-refractivity contribution in [3.63, 3.8) is 0 Å². The number of carbonyl (C=O) groups excluding carboxylic acids is 1. The third kappa shape index (κ3) is 4.59. The molecule has 1 fully saturated rings. The van der Waals surface area contributed by atoms with Crippen molar-refractivity contribution in [1.29, 1.82) is 0 Å². The minimum absolute atomic E-state index is 0.0315. The number of benzene rings is 2. The molecule has 2 aromatic carbocycles. The summed E-state index contributed by atoms with van der Waals surface area (Å²) in [4.78, 5) is 12.7. The second-order valence-electron chi connectivity index (χ2n) is 6.09. The van der Waals surface area contributed by atoms with Gasteiger partial charge in [-0.2, -0.15) is 0 Å². The van der Waals surface area contributed by atoms with Crippen LogP contribution in [0.4, 0.5) is 5.69 Å². The zero-order chi connectivity index (χ0) is 20.3. The number of nitrogens with one attached hydrogen (secondary N) is 2. The van der Waals surface area contributed by atoms with Crippen LogP contribution in [-0.2, 0) is 14.8 Å². The van der Waals surface area contributed by atoms with Crippen molar-refractivity contribution in [1.82, 2.24) is 4.72 Å². The average Bonchev–Trinajstić information content (AvgIpc) is 3.16. The number of sulfonamides is 1. The van der Waals surface area contributed by atoms with Gasteiger partial charge < -0.3 is 14.8 Å². The number of methoxy groups -OCH3 is 1. The van der Waals surface area contributed by atoms with E-state index >= 15 is 0 Å². The molecular formula is C18H18Cl2N2O5S. The van der Waals surface area contributed by atoms with Gasteiger partial charge in [0.15, 0.2) is 0 Å². The molecule has 2 N–H and O–H groups in total. The third-order valence-electron chi connectivity index (χ3n) is 4.18. The first-order valence-corrected chi connectivity index (χ1v) is 10.6. The predicted octanol–water partition coefficient (Wildman–Crippen LogP) is 3.32. The van der Waals surface area contributed by atoms with Crippen molar-refractivity contribution in [3.05, 3.63) is 52.0 Å². The maximum atomic E-state index is 12.8. The number of hydrogen-bond acceptors (Lipinski definition) is 5. The van der Waals surface area contributed by atoms with Crippen molar-refractivity contribution >= 4 is 44.8 Å². The SMILES string of the molecule is COc1ccc(S(=O)(=O)N[C@H]2CCOC2)cc1C(=O)Nc1c(Cl)cccc1Cl. The number of carbonyl (C=O) groups is 1. The predicted molar refractivity (Wildman–Crippen MR) is 107 cm³/mol. The smallest absolute Gasteiger partial charge is 0.259 e. The van der Waals surface area contributed by atoms with Crippen LogP contribution in [0.15, 0.2) is 41.3 Å². The van der Waals surface area contributed by atoms with Gasteiger partial charge in [0.05, 0.1) is 39.9 Å². The molecule has 0 aliphatic carbocycles. The minimum Gasteiger partial charge on any atom is -0.496 e. The topological polar surface area (TPSA) is 93.7 Å². The maximum absolute atomic E-state index is 12.8. The van der Waals surface area contributed by atoms with Gasteiger partial charge in [-0.3, -0.25) is 4.79 Å². The third-order valence-corrected chi connectivity index (χ3v) is 6.33. The van der Waals surface area contributed by atoms with E-state index in [1.807, 2.05) is 0 Å². The lowest BCUT2D eigenvalue weighted by Crippen LogP contribution is -2.35. The van der Waals surface area contributed by atoms with E-state index in [0.29, 0.717) is 19.6 Å². The molecule has 2 aromatic rings. The molecule has 150 valence electrons. The van der Waals surface area contributed by atoms with Crippen LogP contribution in [0.3, 0.4) is 0 Å². The van der Waals surface area contributed by atoms with Gasteiger partial charge in [0.25, 0.3) is 5.91 Å². The highest BCUT2D eigenvalue weighted by Gasteiger charge is 2.25. The van der Waals surface area contributed by atoms with Gasteiger partial charge in [-0.25, -0.2) is 13.1 Å². The second-order valence-corrected chi connectivity index (χ2v) is 8.62. The summed E-state index contributed by atoms with van der Waals surface area (Å²) in [5, 5.41) is 3.12. The molecule has 0 spiro atoms. The van der Waals surface area contributed by atoms with E-state index in [2.05, 4.69) is 10.0 Å². The van der Waals surface area contributed by atoms with Crippen molar-refractivity contribution in [2.45, 2.75) is 17.4 Å². The fraction of sp³-hybridized carbons (Fsp3) is 0.278. The molecule has 10 heteroatoms. The number of anilines is 1. The molecule has 1 atom stereocenters. The van der Waals surface area contributed by atoms with Crippen molar-refractivity contribution < 1.29 is 22.7 Å². The second kappa shape index (κ2) is 8.67. The summed E-state index contributed by atoms with van der Waals surface area (Å²) in [5.74, 6) is -0.392. The molecule has 1 amide bonds. The monoisotopic (exact) mass is 444 g/mol. The Kier molecular flexibility index (Phi) is 6.47. The van der Waals surface area contributed by atoms with E-state index in [9.17, 15) is 13.2 Å². The fourth-order valence-electron chi connectivity index (χ4n) is 2.74. The average molecular weight is 445 g/mol. The first-order valence-electron chi connectivity index (χ1n) is 8.35. The molecule has 1 heterocycles. The van der Waals surface area contributed by atoms with Gasteiger partial charge in [-0.1, -0.05) is 29.3 Å². The Labute approximate surface area is 173 Å². The number of rotatable bonds is 6. The summed E-state index contributed by atoms with van der Waals surface area (Å²) in [7, 11) is -2.45. The van der Waals surface area contributed by atoms with E-state index in [0.717, 1.165) is 0 Å². The molecule has 1 saturated heterocycles. The van der Waals surface area contributed by atoms with Crippen LogP contribution >= 0.6 is 23.2 Å². The van der Waals surface area contributed by atoms with Gasteiger partial charge in [0.2, 0.25) is 10.0 Å². The van der Waals surface area contributed by atoms with Gasteiger partial charge in [0, 0.05) is 12.6 Å². The molecule has 1 aliphatic rings. The van der Waals surface area contributed by atoms with E-state index in [-0.39, 0.29) is 38.0 Å². The summed E-state index contributed by atoms with van der Waals surface area (Å²) in [6, 6.07) is 8.54. The number of amides is 1. The Balaban J connectivity index is 1.91. The summed E-state index contributed by atoms with van der Waals surface area (Å²) < 4.78 is 38.3. The van der Waals surface area contributed by atoms with Crippen molar-refractivity contribution in [2.75, 3.05) is 25.6 Å². The summed E-state index contributed by atoms with van der Waals surface area (Å²) in [5.41, 5.74) is 0.261. The molecule has 28 heavy (non-hydrogen) atoms. The van der Waals surface area contributed by atoms with E-state index in [1.54, 1.807) is 18.2 Å². The molecule has 1 aliphatic heterocycles. The van der Waals surface area contributed by atoms with Crippen molar-refractivity contribution in [2.24, 2.45) is 0 Å². The van der Waals surface area contributed by atoms with Gasteiger partial charge in [-0.05, 0) is 36.8 Å². The molecule has 0 aromatic heterocycles. The Morgan fingerprint density at radius 2 is 1.93 bits per heavy atom. The van der Waals surface area contributed by atoms with Crippen LogP contribution in [0.2, 0.25) is 10.0 Å². The zero-order valence-electron chi connectivity index (χ0n) is 14.9. The lowest BCUT2D eigenvalue weighted by molar-refractivity contribution is 0.102. The van der Waals surface area contributed by atoms with Gasteiger partial charge in [-0.15, -0.1) is 0 Å². The largest absolute Gasteiger partial charge is 0.496 e. The summed E-state index contributed by atoms with van der Waals surface area (Å²) >= 11 is 12.2.